The van der Waals surface area contributed by atoms with Crippen LogP contribution in [0.3, 0.4) is 0 Å². The highest BCUT2D eigenvalue weighted by atomic mass is 35.5. The van der Waals surface area contributed by atoms with Crippen molar-refractivity contribution in [2.75, 3.05) is 7.05 Å². The number of hydrazine groups is 1. The summed E-state index contributed by atoms with van der Waals surface area (Å²) in [5, 5.41) is 0.748. The van der Waals surface area contributed by atoms with Crippen LogP contribution in [0.25, 0.3) is 0 Å². The molecule has 2 aromatic rings. The van der Waals surface area contributed by atoms with E-state index < -0.39 is 0 Å². The van der Waals surface area contributed by atoms with Crippen LogP contribution >= 0.6 is 11.6 Å². The lowest BCUT2D eigenvalue weighted by Crippen LogP contribution is -2.31. The zero-order valence-corrected chi connectivity index (χ0v) is 12.6. The summed E-state index contributed by atoms with van der Waals surface area (Å²) < 4.78 is 0. The molecule has 21 heavy (non-hydrogen) atoms. The van der Waals surface area contributed by atoms with Crippen molar-refractivity contribution in [3.8, 4) is 0 Å². The third-order valence-electron chi connectivity index (χ3n) is 3.23. The Morgan fingerprint density at radius 2 is 1.67 bits per heavy atom. The van der Waals surface area contributed by atoms with E-state index in [1.54, 1.807) is 6.07 Å². The quantitative estimate of drug-likeness (QED) is 0.507. The molecule has 110 valence electrons. The molecule has 3 N–H and O–H groups in total. The van der Waals surface area contributed by atoms with Gasteiger partial charge in [0.15, 0.2) is 0 Å². The van der Waals surface area contributed by atoms with Gasteiger partial charge in [-0.2, -0.15) is 0 Å². The largest absolute Gasteiger partial charge is 0.298 e. The summed E-state index contributed by atoms with van der Waals surface area (Å²) in [7, 11) is 1.99. The minimum absolute atomic E-state index is 0.281. The third kappa shape index (κ3) is 4.04. The van der Waals surface area contributed by atoms with E-state index in [1.807, 2.05) is 49.5 Å². The van der Waals surface area contributed by atoms with Crippen LogP contribution < -0.4 is 11.3 Å². The molecule has 0 spiro atoms. The fourth-order valence-corrected chi connectivity index (χ4v) is 2.42. The molecule has 0 bridgehead atoms. The minimum atomic E-state index is -0.281. The Labute approximate surface area is 129 Å². The number of carbonyl (C=O) groups excluding carboxylic acids is 1. The number of carbonyl (C=O) groups is 1. The van der Waals surface area contributed by atoms with E-state index in [-0.39, 0.29) is 5.91 Å². The van der Waals surface area contributed by atoms with Gasteiger partial charge in [-0.25, -0.2) is 5.84 Å². The second-order valence-corrected chi connectivity index (χ2v) is 5.30. The molecule has 0 radical (unpaired) electrons. The highest BCUT2D eigenvalue weighted by molar-refractivity contribution is 6.31. The zero-order valence-electron chi connectivity index (χ0n) is 11.8. The lowest BCUT2D eigenvalue weighted by atomic mass is 10.1. The first-order valence-electron chi connectivity index (χ1n) is 6.62. The van der Waals surface area contributed by atoms with Crippen molar-refractivity contribution >= 4 is 17.5 Å². The second-order valence-electron chi connectivity index (χ2n) is 4.89. The Morgan fingerprint density at radius 3 is 2.33 bits per heavy atom. The maximum Gasteiger partial charge on any atom is 0.265 e. The lowest BCUT2D eigenvalue weighted by Gasteiger charge is -2.19. The number of hydrogen-bond donors (Lipinski definition) is 2. The lowest BCUT2D eigenvalue weighted by molar-refractivity contribution is 0.0952. The number of amides is 1. The van der Waals surface area contributed by atoms with E-state index >= 15 is 0 Å². The maximum absolute atomic E-state index is 11.8. The van der Waals surface area contributed by atoms with Gasteiger partial charge in [-0.15, -0.1) is 0 Å². The van der Waals surface area contributed by atoms with Gasteiger partial charge in [0.25, 0.3) is 5.91 Å². The predicted molar refractivity (Wildman–Crippen MR) is 84.7 cm³/mol. The molecule has 0 heterocycles. The van der Waals surface area contributed by atoms with E-state index in [2.05, 4.69) is 10.3 Å². The SMILES string of the molecule is CN(Cc1ccccc1Cl)Cc1ccccc1C(=O)NN. The van der Waals surface area contributed by atoms with Gasteiger partial charge in [0.05, 0.1) is 0 Å². The molecule has 0 fully saturated rings. The van der Waals surface area contributed by atoms with Gasteiger partial charge in [0.1, 0.15) is 0 Å². The molecule has 1 amide bonds. The van der Waals surface area contributed by atoms with Crippen LogP contribution in [0.1, 0.15) is 21.5 Å². The van der Waals surface area contributed by atoms with E-state index in [0.717, 1.165) is 16.1 Å². The topological polar surface area (TPSA) is 58.4 Å². The van der Waals surface area contributed by atoms with Gasteiger partial charge in [-0.3, -0.25) is 15.1 Å². The standard InChI is InChI=1S/C16H18ClN3O/c1-20(11-13-7-3-5-9-15(13)17)10-12-6-2-4-8-14(12)16(21)19-18/h2-9H,10-11,18H2,1H3,(H,19,21). The molecule has 0 atom stereocenters. The number of hydrogen-bond acceptors (Lipinski definition) is 3. The van der Waals surface area contributed by atoms with Crippen molar-refractivity contribution in [2.24, 2.45) is 5.84 Å². The molecular weight excluding hydrogens is 286 g/mol. The molecule has 0 saturated heterocycles. The molecule has 0 unspecified atom stereocenters. The van der Waals surface area contributed by atoms with Crippen LogP contribution in [0.15, 0.2) is 48.5 Å². The predicted octanol–water partition coefficient (Wildman–Crippen LogP) is 2.58. The van der Waals surface area contributed by atoms with Crippen LogP contribution in [0.2, 0.25) is 5.02 Å². The molecule has 0 aliphatic rings. The van der Waals surface area contributed by atoms with Crippen LogP contribution in [0.5, 0.6) is 0 Å². The van der Waals surface area contributed by atoms with Gasteiger partial charge in [0, 0.05) is 23.7 Å². The Bertz CT molecular complexity index is 630. The van der Waals surface area contributed by atoms with E-state index in [1.165, 1.54) is 0 Å². The van der Waals surface area contributed by atoms with Crippen LogP contribution in [0.4, 0.5) is 0 Å². The van der Waals surface area contributed by atoms with Crippen LogP contribution in [0, 0.1) is 0 Å². The molecule has 0 aromatic heterocycles. The molecular formula is C16H18ClN3O. The number of benzene rings is 2. The first-order chi connectivity index (χ1) is 10.1. The number of nitrogens with two attached hydrogens (primary N) is 1. The number of nitrogens with zero attached hydrogens (tertiary/aromatic N) is 1. The molecule has 2 rings (SSSR count). The third-order valence-corrected chi connectivity index (χ3v) is 3.60. The van der Waals surface area contributed by atoms with Crippen molar-refractivity contribution in [1.29, 1.82) is 0 Å². The summed E-state index contributed by atoms with van der Waals surface area (Å²) in [5.74, 6) is 4.94. The van der Waals surface area contributed by atoms with E-state index in [9.17, 15) is 4.79 Å². The Hall–Kier alpha value is -1.88. The average molecular weight is 304 g/mol. The highest BCUT2D eigenvalue weighted by Gasteiger charge is 2.12. The van der Waals surface area contributed by atoms with Crippen LogP contribution in [-0.2, 0) is 13.1 Å². The number of nitrogens with one attached hydrogen (secondary N) is 1. The van der Waals surface area contributed by atoms with Gasteiger partial charge in [0.2, 0.25) is 0 Å². The number of nitrogen functional groups attached to an aromatic ring is 1. The summed E-state index contributed by atoms with van der Waals surface area (Å²) in [4.78, 5) is 13.9. The zero-order chi connectivity index (χ0) is 15.2. The fourth-order valence-electron chi connectivity index (χ4n) is 2.22. The van der Waals surface area contributed by atoms with Crippen molar-refractivity contribution in [3.05, 3.63) is 70.2 Å². The van der Waals surface area contributed by atoms with Crippen LogP contribution in [-0.4, -0.2) is 17.9 Å². The van der Waals surface area contributed by atoms with Gasteiger partial charge >= 0.3 is 0 Å². The summed E-state index contributed by atoms with van der Waals surface area (Å²) in [5.41, 5.74) is 4.75. The monoisotopic (exact) mass is 303 g/mol. The Morgan fingerprint density at radius 1 is 1.10 bits per heavy atom. The maximum atomic E-state index is 11.8. The molecule has 2 aromatic carbocycles. The fraction of sp³-hybridized carbons (Fsp3) is 0.188. The smallest absolute Gasteiger partial charge is 0.265 e. The van der Waals surface area contributed by atoms with Crippen molar-refractivity contribution in [3.63, 3.8) is 0 Å². The molecule has 4 nitrogen and oxygen atoms in total. The Kier molecular flexibility index (Phi) is 5.33. The second kappa shape index (κ2) is 7.22. The van der Waals surface area contributed by atoms with Gasteiger partial charge < -0.3 is 0 Å². The summed E-state index contributed by atoms with van der Waals surface area (Å²) in [6, 6.07) is 15.2. The van der Waals surface area contributed by atoms with Gasteiger partial charge in [-0.1, -0.05) is 48.0 Å². The first-order valence-corrected chi connectivity index (χ1v) is 7.00. The normalized spacial score (nSPS) is 10.7. The van der Waals surface area contributed by atoms with Crippen molar-refractivity contribution < 1.29 is 4.79 Å². The minimum Gasteiger partial charge on any atom is -0.298 e. The van der Waals surface area contributed by atoms with Crippen molar-refractivity contribution in [1.82, 2.24) is 10.3 Å². The van der Waals surface area contributed by atoms with E-state index in [4.69, 9.17) is 17.4 Å². The molecule has 0 aliphatic heterocycles. The summed E-state index contributed by atoms with van der Waals surface area (Å²) in [6.45, 7) is 1.34. The Balaban J connectivity index is 2.11. The molecule has 5 heteroatoms. The number of halogens is 1. The van der Waals surface area contributed by atoms with Crippen molar-refractivity contribution in [2.45, 2.75) is 13.1 Å². The van der Waals surface area contributed by atoms with E-state index in [0.29, 0.717) is 18.7 Å². The summed E-state index contributed by atoms with van der Waals surface area (Å²) >= 11 is 6.17. The average Bonchev–Trinajstić information content (AvgIpc) is 2.49. The summed E-state index contributed by atoms with van der Waals surface area (Å²) in [6.07, 6.45) is 0. The highest BCUT2D eigenvalue weighted by Crippen LogP contribution is 2.18. The molecule has 0 saturated carbocycles. The van der Waals surface area contributed by atoms with Gasteiger partial charge in [-0.05, 0) is 30.3 Å². The molecule has 0 aliphatic carbocycles. The first kappa shape index (κ1) is 15.5. The number of rotatable bonds is 5.